The zero-order valence-corrected chi connectivity index (χ0v) is 15.5. The average molecular weight is 341 g/mol. The molecule has 7 heteroatoms. The van der Waals surface area contributed by atoms with Gasteiger partial charge in [0, 0.05) is 19.1 Å². The van der Waals surface area contributed by atoms with Gasteiger partial charge in [-0.1, -0.05) is 0 Å². The maximum atomic E-state index is 12.6. The van der Waals surface area contributed by atoms with Crippen LogP contribution in [0.15, 0.2) is 0 Å². The van der Waals surface area contributed by atoms with Crippen LogP contribution in [0.25, 0.3) is 0 Å². The number of carbonyl (C=O) groups excluding carboxylic acids is 3. The van der Waals surface area contributed by atoms with Gasteiger partial charge in [-0.15, -0.1) is 0 Å². The van der Waals surface area contributed by atoms with E-state index in [9.17, 15) is 14.4 Å². The number of nitrogens with zero attached hydrogens (tertiary/aromatic N) is 2. The summed E-state index contributed by atoms with van der Waals surface area (Å²) in [5.41, 5.74) is 0. The summed E-state index contributed by atoms with van der Waals surface area (Å²) >= 11 is 0. The van der Waals surface area contributed by atoms with E-state index in [1.807, 2.05) is 20.8 Å². The van der Waals surface area contributed by atoms with Crippen LogP contribution in [-0.4, -0.2) is 73.0 Å². The second-order valence-corrected chi connectivity index (χ2v) is 6.66. The van der Waals surface area contributed by atoms with Gasteiger partial charge in [0.15, 0.2) is 0 Å². The Bertz CT molecular complexity index is 445. The first-order valence-electron chi connectivity index (χ1n) is 8.71. The van der Waals surface area contributed by atoms with E-state index in [-0.39, 0.29) is 42.3 Å². The molecule has 1 atom stereocenters. The Morgan fingerprint density at radius 1 is 1.21 bits per heavy atom. The first-order valence-corrected chi connectivity index (χ1v) is 8.71. The van der Waals surface area contributed by atoms with Gasteiger partial charge in [0.25, 0.3) is 0 Å². The maximum Gasteiger partial charge on any atom is 0.309 e. The summed E-state index contributed by atoms with van der Waals surface area (Å²) in [5, 5.41) is 2.82. The number of carbonyl (C=O) groups is 3. The van der Waals surface area contributed by atoms with E-state index in [1.54, 1.807) is 23.8 Å². The maximum absolute atomic E-state index is 12.6. The number of piperidine rings is 1. The summed E-state index contributed by atoms with van der Waals surface area (Å²) in [7, 11) is 1.77. The van der Waals surface area contributed by atoms with E-state index < -0.39 is 0 Å². The molecule has 7 nitrogen and oxygen atoms in total. The lowest BCUT2D eigenvalue weighted by Gasteiger charge is -2.34. The standard InChI is InChI=1S/C17H31N3O4/c1-6-24-17(23)14-7-9-20(10-8-14)16(22)13(4)19(5)11-15(21)18-12(2)3/h12-14H,6-11H2,1-5H3,(H,18,21)/t13-/m0/s1. The molecule has 0 bridgehead atoms. The minimum atomic E-state index is -0.373. The number of hydrogen-bond acceptors (Lipinski definition) is 5. The van der Waals surface area contributed by atoms with Crippen LogP contribution in [-0.2, 0) is 19.1 Å². The Balaban J connectivity index is 2.46. The number of likely N-dealkylation sites (N-methyl/N-ethyl adjacent to an activating group) is 1. The molecule has 24 heavy (non-hydrogen) atoms. The second kappa shape index (κ2) is 9.61. The number of esters is 1. The van der Waals surface area contributed by atoms with Crippen LogP contribution in [0, 0.1) is 5.92 Å². The molecule has 1 aliphatic rings. The van der Waals surface area contributed by atoms with Crippen molar-refractivity contribution in [3.05, 3.63) is 0 Å². The first kappa shape index (κ1) is 20.4. The quantitative estimate of drug-likeness (QED) is 0.687. The van der Waals surface area contributed by atoms with Gasteiger partial charge in [0.05, 0.1) is 25.1 Å². The Hall–Kier alpha value is -1.63. The van der Waals surface area contributed by atoms with Gasteiger partial charge < -0.3 is 15.0 Å². The van der Waals surface area contributed by atoms with Gasteiger partial charge in [0.2, 0.25) is 11.8 Å². The van der Waals surface area contributed by atoms with E-state index in [1.165, 1.54) is 0 Å². The number of ether oxygens (including phenoxy) is 1. The molecular weight excluding hydrogens is 310 g/mol. The fraction of sp³-hybridized carbons (Fsp3) is 0.824. The van der Waals surface area contributed by atoms with Crippen LogP contribution in [0.3, 0.4) is 0 Å². The smallest absolute Gasteiger partial charge is 0.309 e. The Morgan fingerprint density at radius 3 is 2.29 bits per heavy atom. The van der Waals surface area contributed by atoms with Gasteiger partial charge in [-0.05, 0) is 47.6 Å². The molecule has 0 aromatic heterocycles. The zero-order chi connectivity index (χ0) is 18.3. The van der Waals surface area contributed by atoms with Crippen LogP contribution in [0.1, 0.15) is 40.5 Å². The minimum absolute atomic E-state index is 0.00263. The highest BCUT2D eigenvalue weighted by Crippen LogP contribution is 2.19. The van der Waals surface area contributed by atoms with E-state index >= 15 is 0 Å². The van der Waals surface area contributed by atoms with E-state index in [2.05, 4.69) is 5.32 Å². The summed E-state index contributed by atoms with van der Waals surface area (Å²) in [4.78, 5) is 39.7. The van der Waals surface area contributed by atoms with Crippen LogP contribution < -0.4 is 5.32 Å². The zero-order valence-electron chi connectivity index (χ0n) is 15.5. The van der Waals surface area contributed by atoms with E-state index in [0.717, 1.165) is 0 Å². The third kappa shape index (κ3) is 6.11. The van der Waals surface area contributed by atoms with Gasteiger partial charge >= 0.3 is 5.97 Å². The third-order valence-electron chi connectivity index (χ3n) is 4.29. The Kier molecular flexibility index (Phi) is 8.18. The fourth-order valence-electron chi connectivity index (χ4n) is 2.78. The number of amides is 2. The molecule has 0 aromatic carbocycles. The van der Waals surface area contributed by atoms with Gasteiger partial charge in [-0.2, -0.15) is 0 Å². The highest BCUT2D eigenvalue weighted by atomic mass is 16.5. The van der Waals surface area contributed by atoms with Gasteiger partial charge in [0.1, 0.15) is 0 Å². The highest BCUT2D eigenvalue weighted by Gasteiger charge is 2.31. The fourth-order valence-corrected chi connectivity index (χ4v) is 2.78. The molecule has 138 valence electrons. The van der Waals surface area contributed by atoms with Gasteiger partial charge in [-0.3, -0.25) is 19.3 Å². The van der Waals surface area contributed by atoms with Crippen molar-refractivity contribution in [2.24, 2.45) is 5.92 Å². The van der Waals surface area contributed by atoms with E-state index in [0.29, 0.717) is 32.5 Å². The summed E-state index contributed by atoms with van der Waals surface area (Å²) in [5.74, 6) is -0.371. The minimum Gasteiger partial charge on any atom is -0.466 e. The van der Waals surface area contributed by atoms with Crippen LogP contribution in [0.5, 0.6) is 0 Å². The van der Waals surface area contributed by atoms with Crippen LogP contribution in [0.2, 0.25) is 0 Å². The van der Waals surface area contributed by atoms with Gasteiger partial charge in [-0.25, -0.2) is 0 Å². The van der Waals surface area contributed by atoms with Crippen molar-refractivity contribution in [1.82, 2.24) is 15.1 Å². The molecule has 1 rings (SSSR count). The number of rotatable bonds is 7. The Morgan fingerprint density at radius 2 is 1.79 bits per heavy atom. The monoisotopic (exact) mass is 341 g/mol. The number of likely N-dealkylation sites (tertiary alicyclic amines) is 1. The van der Waals surface area contributed by atoms with Crippen molar-refractivity contribution in [2.75, 3.05) is 33.3 Å². The summed E-state index contributed by atoms with van der Waals surface area (Å²) < 4.78 is 5.04. The van der Waals surface area contributed by atoms with Crippen LogP contribution in [0.4, 0.5) is 0 Å². The summed E-state index contributed by atoms with van der Waals surface area (Å²) in [6.07, 6.45) is 1.27. The highest BCUT2D eigenvalue weighted by molar-refractivity contribution is 5.83. The molecule has 1 fully saturated rings. The van der Waals surface area contributed by atoms with Crippen molar-refractivity contribution < 1.29 is 19.1 Å². The molecule has 0 aromatic rings. The first-order chi connectivity index (χ1) is 11.3. The molecule has 0 radical (unpaired) electrons. The van der Waals surface area contributed by atoms with Crippen molar-refractivity contribution in [1.29, 1.82) is 0 Å². The normalized spacial score (nSPS) is 17.0. The number of nitrogens with one attached hydrogen (secondary N) is 1. The molecule has 2 amide bonds. The predicted molar refractivity (Wildman–Crippen MR) is 91.3 cm³/mol. The molecule has 1 aliphatic heterocycles. The number of hydrogen-bond donors (Lipinski definition) is 1. The topological polar surface area (TPSA) is 79.0 Å². The molecule has 0 unspecified atom stereocenters. The molecule has 0 aliphatic carbocycles. The molecule has 1 N–H and O–H groups in total. The van der Waals surface area contributed by atoms with Crippen molar-refractivity contribution in [3.8, 4) is 0 Å². The van der Waals surface area contributed by atoms with Crippen molar-refractivity contribution in [2.45, 2.75) is 52.6 Å². The molecule has 1 saturated heterocycles. The molecule has 0 spiro atoms. The second-order valence-electron chi connectivity index (χ2n) is 6.66. The molecular formula is C17H31N3O4. The SMILES string of the molecule is CCOC(=O)C1CCN(C(=O)[C@H](C)N(C)CC(=O)NC(C)C)CC1. The van der Waals surface area contributed by atoms with Crippen molar-refractivity contribution in [3.63, 3.8) is 0 Å². The third-order valence-corrected chi connectivity index (χ3v) is 4.29. The summed E-state index contributed by atoms with van der Waals surface area (Å²) in [6, 6.07) is -0.291. The Labute approximate surface area is 144 Å². The molecule has 0 saturated carbocycles. The lowest BCUT2D eigenvalue weighted by atomic mass is 9.96. The predicted octanol–water partition coefficient (Wildman–Crippen LogP) is 0.633. The molecule has 1 heterocycles. The van der Waals surface area contributed by atoms with Crippen molar-refractivity contribution >= 4 is 17.8 Å². The lowest BCUT2D eigenvalue weighted by molar-refractivity contribution is -0.152. The summed E-state index contributed by atoms with van der Waals surface area (Å²) in [6.45, 7) is 9.09. The average Bonchev–Trinajstić information content (AvgIpc) is 2.52. The lowest BCUT2D eigenvalue weighted by Crippen LogP contribution is -2.51. The van der Waals surface area contributed by atoms with E-state index in [4.69, 9.17) is 4.74 Å². The van der Waals surface area contributed by atoms with Crippen LogP contribution >= 0.6 is 0 Å². The largest absolute Gasteiger partial charge is 0.466 e.